The van der Waals surface area contributed by atoms with Crippen LogP contribution in [0.2, 0.25) is 0 Å². The zero-order valence-electron chi connectivity index (χ0n) is 13.2. The van der Waals surface area contributed by atoms with Crippen molar-refractivity contribution in [3.05, 3.63) is 29.3 Å². The van der Waals surface area contributed by atoms with Crippen molar-refractivity contribution >= 4 is 0 Å². The minimum Gasteiger partial charge on any atom is -0.496 e. The molecule has 1 atom stereocenters. The molecule has 2 N–H and O–H groups in total. The van der Waals surface area contributed by atoms with Crippen LogP contribution in [0.4, 0.5) is 0 Å². The summed E-state index contributed by atoms with van der Waals surface area (Å²) in [6.07, 6.45) is 3.92. The van der Waals surface area contributed by atoms with Crippen LogP contribution in [0.3, 0.4) is 0 Å². The Kier molecular flexibility index (Phi) is 6.10. The van der Waals surface area contributed by atoms with Crippen LogP contribution in [0.1, 0.15) is 37.3 Å². The first-order valence-corrected chi connectivity index (χ1v) is 7.81. The molecule has 0 aliphatic carbocycles. The van der Waals surface area contributed by atoms with E-state index in [2.05, 4.69) is 29.7 Å². The summed E-state index contributed by atoms with van der Waals surface area (Å²) in [5.41, 5.74) is 7.68. The van der Waals surface area contributed by atoms with Crippen molar-refractivity contribution in [1.82, 2.24) is 4.90 Å². The molecule has 1 aromatic rings. The number of hydrogen-bond donors (Lipinski definition) is 1. The maximum Gasteiger partial charge on any atom is 0.123 e. The average Bonchev–Trinajstić information content (AvgIpc) is 2.70. The largest absolute Gasteiger partial charge is 0.496 e. The van der Waals surface area contributed by atoms with Crippen molar-refractivity contribution < 1.29 is 4.74 Å². The Morgan fingerprint density at radius 2 is 2.19 bits per heavy atom. The summed E-state index contributed by atoms with van der Waals surface area (Å²) in [7, 11) is 1.73. The highest BCUT2D eigenvalue weighted by Crippen LogP contribution is 2.24. The van der Waals surface area contributed by atoms with Crippen LogP contribution in [0, 0.1) is 17.8 Å². The predicted molar refractivity (Wildman–Crippen MR) is 87.2 cm³/mol. The number of rotatable bonds is 3. The molecular weight excluding hydrogens is 260 g/mol. The first-order chi connectivity index (χ1) is 10.2. The molecule has 0 saturated carbocycles. The van der Waals surface area contributed by atoms with Gasteiger partial charge in [0, 0.05) is 17.7 Å². The van der Waals surface area contributed by atoms with E-state index < -0.39 is 0 Å². The highest BCUT2D eigenvalue weighted by molar-refractivity contribution is 5.44. The standard InChI is InChI=1S/C18H26N2O/c1-15-5-4-11-20(12-9-15)14-17-13-16(6-3-10-19)7-8-18(17)21-2/h7-8,13,15H,4-5,9-12,14,19H2,1-2H3. The molecule has 1 fully saturated rings. The lowest BCUT2D eigenvalue weighted by Crippen LogP contribution is -2.24. The fourth-order valence-corrected chi connectivity index (χ4v) is 2.85. The number of ether oxygens (including phenoxy) is 1. The molecule has 0 radical (unpaired) electrons. The number of nitrogens with two attached hydrogens (primary N) is 1. The minimum absolute atomic E-state index is 0.394. The molecule has 114 valence electrons. The van der Waals surface area contributed by atoms with E-state index in [-0.39, 0.29) is 0 Å². The van der Waals surface area contributed by atoms with Crippen molar-refractivity contribution in [2.75, 3.05) is 26.7 Å². The van der Waals surface area contributed by atoms with E-state index in [0.29, 0.717) is 6.54 Å². The number of methoxy groups -OCH3 is 1. The Morgan fingerprint density at radius 1 is 1.33 bits per heavy atom. The fraction of sp³-hybridized carbons (Fsp3) is 0.556. The molecule has 1 saturated heterocycles. The lowest BCUT2D eigenvalue weighted by atomic mass is 10.0. The lowest BCUT2D eigenvalue weighted by Gasteiger charge is -2.21. The van der Waals surface area contributed by atoms with Crippen molar-refractivity contribution in [2.24, 2.45) is 11.7 Å². The normalized spacial score (nSPS) is 19.5. The van der Waals surface area contributed by atoms with Gasteiger partial charge in [-0.2, -0.15) is 0 Å². The summed E-state index contributed by atoms with van der Waals surface area (Å²) in [5.74, 6) is 7.81. The lowest BCUT2D eigenvalue weighted by molar-refractivity contribution is 0.268. The maximum atomic E-state index is 5.50. The number of nitrogens with zero attached hydrogens (tertiary/aromatic N) is 1. The van der Waals surface area contributed by atoms with Crippen LogP contribution in [0.25, 0.3) is 0 Å². The van der Waals surface area contributed by atoms with Gasteiger partial charge in [-0.15, -0.1) is 0 Å². The summed E-state index contributed by atoms with van der Waals surface area (Å²) in [6, 6.07) is 6.14. The Morgan fingerprint density at radius 3 is 2.95 bits per heavy atom. The van der Waals surface area contributed by atoms with E-state index in [0.717, 1.165) is 23.8 Å². The molecule has 1 unspecified atom stereocenters. The van der Waals surface area contributed by atoms with Crippen LogP contribution in [-0.4, -0.2) is 31.6 Å². The molecule has 1 aliphatic rings. The third kappa shape index (κ3) is 4.77. The SMILES string of the molecule is COc1ccc(C#CCN)cc1CN1CCCC(C)CC1. The second kappa shape index (κ2) is 8.07. The zero-order chi connectivity index (χ0) is 15.1. The van der Waals surface area contributed by atoms with Crippen LogP contribution in [0.15, 0.2) is 18.2 Å². The van der Waals surface area contributed by atoms with E-state index in [1.807, 2.05) is 12.1 Å². The van der Waals surface area contributed by atoms with Crippen LogP contribution < -0.4 is 10.5 Å². The van der Waals surface area contributed by atoms with Gasteiger partial charge in [-0.3, -0.25) is 4.90 Å². The van der Waals surface area contributed by atoms with Gasteiger partial charge >= 0.3 is 0 Å². The third-order valence-corrected chi connectivity index (χ3v) is 4.12. The molecular formula is C18H26N2O. The molecule has 0 aromatic heterocycles. The summed E-state index contributed by atoms with van der Waals surface area (Å²) >= 11 is 0. The average molecular weight is 286 g/mol. The first-order valence-electron chi connectivity index (χ1n) is 7.81. The third-order valence-electron chi connectivity index (χ3n) is 4.12. The van der Waals surface area contributed by atoms with E-state index in [9.17, 15) is 0 Å². The van der Waals surface area contributed by atoms with Gasteiger partial charge in [0.25, 0.3) is 0 Å². The van der Waals surface area contributed by atoms with Crippen molar-refractivity contribution in [1.29, 1.82) is 0 Å². The van der Waals surface area contributed by atoms with Crippen LogP contribution >= 0.6 is 0 Å². The molecule has 1 aliphatic heterocycles. The van der Waals surface area contributed by atoms with Gasteiger partial charge in [-0.1, -0.05) is 18.8 Å². The summed E-state index contributed by atoms with van der Waals surface area (Å²) in [6.45, 7) is 6.03. The number of hydrogen-bond acceptors (Lipinski definition) is 3. The van der Waals surface area contributed by atoms with Crippen molar-refractivity contribution in [3.8, 4) is 17.6 Å². The van der Waals surface area contributed by atoms with E-state index in [4.69, 9.17) is 10.5 Å². The minimum atomic E-state index is 0.394. The van der Waals surface area contributed by atoms with Gasteiger partial charge in [-0.25, -0.2) is 0 Å². The zero-order valence-corrected chi connectivity index (χ0v) is 13.2. The smallest absolute Gasteiger partial charge is 0.123 e. The molecule has 1 heterocycles. The summed E-state index contributed by atoms with van der Waals surface area (Å²) in [4.78, 5) is 2.53. The Labute approximate surface area is 128 Å². The Balaban J connectivity index is 2.12. The second-order valence-electron chi connectivity index (χ2n) is 5.84. The van der Waals surface area contributed by atoms with Gasteiger partial charge in [-0.05, 0) is 56.5 Å². The van der Waals surface area contributed by atoms with Gasteiger partial charge in [0.2, 0.25) is 0 Å². The van der Waals surface area contributed by atoms with E-state index >= 15 is 0 Å². The Bertz CT molecular complexity index is 516. The topological polar surface area (TPSA) is 38.5 Å². The summed E-state index contributed by atoms with van der Waals surface area (Å²) in [5, 5.41) is 0. The highest BCUT2D eigenvalue weighted by atomic mass is 16.5. The molecule has 2 rings (SSSR count). The predicted octanol–water partition coefficient (Wildman–Crippen LogP) is 2.63. The number of likely N-dealkylation sites (tertiary alicyclic amines) is 1. The van der Waals surface area contributed by atoms with Gasteiger partial charge in [0.05, 0.1) is 13.7 Å². The van der Waals surface area contributed by atoms with Crippen LogP contribution in [0.5, 0.6) is 5.75 Å². The first kappa shape index (κ1) is 15.9. The molecule has 1 aromatic carbocycles. The van der Waals surface area contributed by atoms with E-state index in [1.165, 1.54) is 37.9 Å². The quantitative estimate of drug-likeness (QED) is 0.868. The van der Waals surface area contributed by atoms with Crippen molar-refractivity contribution in [2.45, 2.75) is 32.7 Å². The molecule has 3 heteroatoms. The van der Waals surface area contributed by atoms with Crippen molar-refractivity contribution in [3.63, 3.8) is 0 Å². The highest BCUT2D eigenvalue weighted by Gasteiger charge is 2.15. The molecule has 3 nitrogen and oxygen atoms in total. The van der Waals surface area contributed by atoms with E-state index in [1.54, 1.807) is 7.11 Å². The van der Waals surface area contributed by atoms with Gasteiger partial charge in [0.1, 0.15) is 5.75 Å². The molecule has 21 heavy (non-hydrogen) atoms. The van der Waals surface area contributed by atoms with Crippen LogP contribution in [-0.2, 0) is 6.54 Å². The Hall–Kier alpha value is -1.50. The van der Waals surface area contributed by atoms with Gasteiger partial charge in [0.15, 0.2) is 0 Å². The summed E-state index contributed by atoms with van der Waals surface area (Å²) < 4.78 is 5.50. The second-order valence-corrected chi connectivity index (χ2v) is 5.84. The monoisotopic (exact) mass is 286 g/mol. The molecule has 0 amide bonds. The number of benzene rings is 1. The molecule has 0 bridgehead atoms. The van der Waals surface area contributed by atoms with Gasteiger partial charge < -0.3 is 10.5 Å². The fourth-order valence-electron chi connectivity index (χ4n) is 2.85. The molecule has 0 spiro atoms. The maximum absolute atomic E-state index is 5.50.